The summed E-state index contributed by atoms with van der Waals surface area (Å²) in [4.78, 5) is 0. The maximum Gasteiger partial charge on any atom is 0.0802 e. The Morgan fingerprint density at radius 2 is 1.87 bits per heavy atom. The van der Waals surface area contributed by atoms with E-state index >= 15 is 0 Å². The Hall–Kier alpha value is -0.760. The average Bonchev–Trinajstić information content (AvgIpc) is 2.73. The quantitative estimate of drug-likeness (QED) is 0.763. The maximum atomic E-state index is 9.68. The van der Waals surface area contributed by atoms with Crippen molar-refractivity contribution in [3.63, 3.8) is 0 Å². The standard InChI is InChI=1S/C13H23NO/c1-4-11(5-2)9-14-8-7-12(10-14)13(15)6-3/h7-8,10-11,13,15H,4-6,9H2,1-3H3. The van der Waals surface area contributed by atoms with Crippen LogP contribution in [0.5, 0.6) is 0 Å². The van der Waals surface area contributed by atoms with Crippen LogP contribution in [0.2, 0.25) is 0 Å². The molecule has 0 aliphatic heterocycles. The summed E-state index contributed by atoms with van der Waals surface area (Å²) < 4.78 is 2.20. The van der Waals surface area contributed by atoms with E-state index in [9.17, 15) is 5.11 Å². The fraction of sp³-hybridized carbons (Fsp3) is 0.692. The molecular weight excluding hydrogens is 186 g/mol. The molecule has 1 unspecified atom stereocenters. The van der Waals surface area contributed by atoms with Crippen LogP contribution in [0.25, 0.3) is 0 Å². The lowest BCUT2D eigenvalue weighted by Gasteiger charge is -2.13. The van der Waals surface area contributed by atoms with E-state index in [1.54, 1.807) is 0 Å². The van der Waals surface area contributed by atoms with Crippen molar-refractivity contribution >= 4 is 0 Å². The predicted octanol–water partition coefficient (Wildman–Crippen LogP) is 3.37. The summed E-state index contributed by atoms with van der Waals surface area (Å²) in [5, 5.41) is 9.68. The van der Waals surface area contributed by atoms with Gasteiger partial charge in [0.05, 0.1) is 6.10 Å². The van der Waals surface area contributed by atoms with E-state index in [4.69, 9.17) is 0 Å². The Morgan fingerprint density at radius 1 is 1.20 bits per heavy atom. The third-order valence-electron chi connectivity index (χ3n) is 3.17. The van der Waals surface area contributed by atoms with Crippen LogP contribution >= 0.6 is 0 Å². The highest BCUT2D eigenvalue weighted by Gasteiger charge is 2.08. The molecule has 0 radical (unpaired) electrons. The minimum atomic E-state index is -0.298. The van der Waals surface area contributed by atoms with Gasteiger partial charge in [0.15, 0.2) is 0 Å². The van der Waals surface area contributed by atoms with E-state index in [0.717, 1.165) is 24.4 Å². The highest BCUT2D eigenvalue weighted by molar-refractivity contribution is 5.13. The van der Waals surface area contributed by atoms with Gasteiger partial charge in [-0.3, -0.25) is 0 Å². The van der Waals surface area contributed by atoms with Crippen molar-refractivity contribution in [2.75, 3.05) is 0 Å². The molecule has 0 aliphatic rings. The monoisotopic (exact) mass is 209 g/mol. The van der Waals surface area contributed by atoms with Crippen molar-refractivity contribution < 1.29 is 5.11 Å². The molecule has 0 aromatic carbocycles. The minimum Gasteiger partial charge on any atom is -0.388 e. The summed E-state index contributed by atoms with van der Waals surface area (Å²) in [5.41, 5.74) is 1.04. The lowest BCUT2D eigenvalue weighted by Crippen LogP contribution is -2.07. The molecule has 2 nitrogen and oxygen atoms in total. The zero-order valence-electron chi connectivity index (χ0n) is 10.1. The van der Waals surface area contributed by atoms with Crippen molar-refractivity contribution in [1.82, 2.24) is 4.57 Å². The van der Waals surface area contributed by atoms with Crippen molar-refractivity contribution in [3.8, 4) is 0 Å². The largest absolute Gasteiger partial charge is 0.388 e. The van der Waals surface area contributed by atoms with Crippen molar-refractivity contribution in [2.24, 2.45) is 5.92 Å². The molecule has 1 heterocycles. The lowest BCUT2D eigenvalue weighted by molar-refractivity contribution is 0.173. The van der Waals surface area contributed by atoms with Crippen molar-refractivity contribution in [1.29, 1.82) is 0 Å². The van der Waals surface area contributed by atoms with E-state index < -0.39 is 0 Å². The van der Waals surface area contributed by atoms with Crippen LogP contribution in [0, 0.1) is 5.92 Å². The van der Waals surface area contributed by atoms with Crippen molar-refractivity contribution in [2.45, 2.75) is 52.7 Å². The number of hydrogen-bond acceptors (Lipinski definition) is 1. The van der Waals surface area contributed by atoms with Crippen LogP contribution < -0.4 is 0 Å². The zero-order valence-corrected chi connectivity index (χ0v) is 10.1. The SMILES string of the molecule is CCC(CC)Cn1ccc(C(O)CC)c1. The number of nitrogens with zero attached hydrogens (tertiary/aromatic N) is 1. The second-order valence-electron chi connectivity index (χ2n) is 4.25. The number of aromatic nitrogens is 1. The Balaban J connectivity index is 2.59. The van der Waals surface area contributed by atoms with Crippen LogP contribution in [-0.4, -0.2) is 9.67 Å². The molecule has 0 aliphatic carbocycles. The Labute approximate surface area is 92.9 Å². The first-order valence-corrected chi connectivity index (χ1v) is 6.04. The van der Waals surface area contributed by atoms with Gasteiger partial charge >= 0.3 is 0 Å². The van der Waals surface area contributed by atoms with Crippen LogP contribution in [0.1, 0.15) is 51.7 Å². The first kappa shape index (κ1) is 12.3. The normalized spacial score (nSPS) is 13.4. The highest BCUT2D eigenvalue weighted by Crippen LogP contribution is 2.18. The van der Waals surface area contributed by atoms with Crippen LogP contribution in [0.3, 0.4) is 0 Å². The number of aliphatic hydroxyl groups is 1. The first-order chi connectivity index (χ1) is 7.21. The summed E-state index contributed by atoms with van der Waals surface area (Å²) in [5.74, 6) is 0.754. The van der Waals surface area contributed by atoms with Gasteiger partial charge in [0.25, 0.3) is 0 Å². The van der Waals surface area contributed by atoms with Gasteiger partial charge in [-0.25, -0.2) is 0 Å². The fourth-order valence-electron chi connectivity index (χ4n) is 1.85. The molecule has 1 rings (SSSR count). The molecule has 1 aromatic rings. The van der Waals surface area contributed by atoms with E-state index in [0.29, 0.717) is 0 Å². The molecule has 1 atom stereocenters. The molecule has 1 aromatic heterocycles. The molecule has 0 bridgehead atoms. The van der Waals surface area contributed by atoms with Gasteiger partial charge in [-0.1, -0.05) is 33.6 Å². The Bertz CT molecular complexity index is 276. The summed E-state index contributed by atoms with van der Waals surface area (Å²) in [7, 11) is 0. The van der Waals surface area contributed by atoms with Gasteiger partial charge in [-0.05, 0) is 24.0 Å². The molecule has 86 valence electrons. The van der Waals surface area contributed by atoms with Crippen molar-refractivity contribution in [3.05, 3.63) is 24.0 Å². The minimum absolute atomic E-state index is 0.298. The van der Waals surface area contributed by atoms with Crippen LogP contribution in [-0.2, 0) is 6.54 Å². The maximum absolute atomic E-state index is 9.68. The molecule has 0 amide bonds. The Morgan fingerprint density at radius 3 is 2.40 bits per heavy atom. The molecule has 15 heavy (non-hydrogen) atoms. The molecule has 2 heteroatoms. The van der Waals surface area contributed by atoms with Gasteiger partial charge in [0.1, 0.15) is 0 Å². The summed E-state index contributed by atoms with van der Waals surface area (Å²) >= 11 is 0. The topological polar surface area (TPSA) is 25.2 Å². The summed E-state index contributed by atoms with van der Waals surface area (Å²) in [6.45, 7) is 7.55. The third kappa shape index (κ3) is 3.38. The molecule has 0 saturated heterocycles. The molecular formula is C13H23NO. The van der Waals surface area contributed by atoms with Gasteiger partial charge in [-0.15, -0.1) is 0 Å². The van der Waals surface area contributed by atoms with E-state index in [-0.39, 0.29) is 6.10 Å². The smallest absolute Gasteiger partial charge is 0.0802 e. The fourth-order valence-corrected chi connectivity index (χ4v) is 1.85. The van der Waals surface area contributed by atoms with Gasteiger partial charge in [0, 0.05) is 18.9 Å². The number of rotatable bonds is 6. The van der Waals surface area contributed by atoms with Gasteiger partial charge < -0.3 is 9.67 Å². The molecule has 1 N–H and O–H groups in total. The summed E-state index contributed by atoms with van der Waals surface area (Å²) in [6, 6.07) is 2.02. The van der Waals surface area contributed by atoms with E-state index in [2.05, 4.69) is 30.8 Å². The van der Waals surface area contributed by atoms with Crippen LogP contribution in [0.4, 0.5) is 0 Å². The summed E-state index contributed by atoms with van der Waals surface area (Å²) in [6.07, 6.45) is 7.09. The predicted molar refractivity (Wildman–Crippen MR) is 63.8 cm³/mol. The van der Waals surface area contributed by atoms with E-state index in [1.165, 1.54) is 12.8 Å². The first-order valence-electron chi connectivity index (χ1n) is 6.04. The van der Waals surface area contributed by atoms with Gasteiger partial charge in [0.2, 0.25) is 0 Å². The van der Waals surface area contributed by atoms with E-state index in [1.807, 2.05) is 13.0 Å². The zero-order chi connectivity index (χ0) is 11.3. The second-order valence-corrected chi connectivity index (χ2v) is 4.25. The number of hydrogen-bond donors (Lipinski definition) is 1. The molecule has 0 saturated carbocycles. The van der Waals surface area contributed by atoms with Crippen LogP contribution in [0.15, 0.2) is 18.5 Å². The average molecular weight is 209 g/mol. The molecule has 0 spiro atoms. The second kappa shape index (κ2) is 5.96. The third-order valence-corrected chi connectivity index (χ3v) is 3.17. The number of aliphatic hydroxyl groups excluding tert-OH is 1. The lowest BCUT2D eigenvalue weighted by atomic mass is 10.0. The Kier molecular flexibility index (Phi) is 4.89. The molecule has 0 fully saturated rings. The highest BCUT2D eigenvalue weighted by atomic mass is 16.3. The van der Waals surface area contributed by atoms with Gasteiger partial charge in [-0.2, -0.15) is 0 Å².